The van der Waals surface area contributed by atoms with Gasteiger partial charge < -0.3 is 9.13 Å². The molecule has 0 aliphatic carbocycles. The van der Waals surface area contributed by atoms with E-state index in [0.717, 1.165) is 50.6 Å². The maximum absolute atomic E-state index is 5.27. The molecule has 4 nitrogen and oxygen atoms in total. The summed E-state index contributed by atoms with van der Waals surface area (Å²) in [6.45, 7) is 4.36. The molecule has 0 atom stereocenters. The summed E-state index contributed by atoms with van der Waals surface area (Å²) in [7, 11) is 0. The molecular weight excluding hydrogens is 777 g/mol. The molecule has 0 aliphatic heterocycles. The van der Waals surface area contributed by atoms with E-state index < -0.39 is 0 Å². The molecule has 0 bridgehead atoms. The lowest BCUT2D eigenvalue weighted by atomic mass is 9.99. The molecule has 4 heteroatoms. The Labute approximate surface area is 372 Å². The Balaban J connectivity index is 0.888. The third-order valence-corrected chi connectivity index (χ3v) is 12.9. The summed E-state index contributed by atoms with van der Waals surface area (Å²) in [5.74, 6) is 0. The lowest BCUT2D eigenvalue weighted by Crippen LogP contribution is -1.97. The van der Waals surface area contributed by atoms with E-state index in [1.54, 1.807) is 0 Å². The fourth-order valence-corrected chi connectivity index (χ4v) is 9.73. The number of benzene rings is 8. The van der Waals surface area contributed by atoms with Gasteiger partial charge in [-0.2, -0.15) is 0 Å². The van der Waals surface area contributed by atoms with Crippen molar-refractivity contribution in [3.63, 3.8) is 0 Å². The molecule has 4 heterocycles. The molecule has 0 radical (unpaired) electrons. The van der Waals surface area contributed by atoms with Crippen LogP contribution >= 0.6 is 0 Å². The second-order valence-electron chi connectivity index (χ2n) is 16.8. The number of rotatable bonds is 7. The van der Waals surface area contributed by atoms with Crippen LogP contribution < -0.4 is 0 Å². The van der Waals surface area contributed by atoms with Crippen molar-refractivity contribution in [1.29, 1.82) is 0 Å². The Hall–Kier alpha value is -8.34. The van der Waals surface area contributed by atoms with Crippen molar-refractivity contribution in [2.24, 2.45) is 0 Å². The molecule has 302 valence electrons. The molecule has 0 aliphatic rings. The van der Waals surface area contributed by atoms with E-state index >= 15 is 0 Å². The summed E-state index contributed by atoms with van der Waals surface area (Å²) in [4.78, 5) is 10.1. The van der Waals surface area contributed by atoms with E-state index in [1.807, 2.05) is 12.4 Å². The smallest absolute Gasteiger partial charge is 0.0725 e. The normalized spacial score (nSPS) is 11.6. The Morgan fingerprint density at radius 1 is 0.312 bits per heavy atom. The van der Waals surface area contributed by atoms with Crippen molar-refractivity contribution in [1.82, 2.24) is 19.1 Å². The summed E-state index contributed by atoms with van der Waals surface area (Å²) < 4.78 is 4.78. The Morgan fingerprint density at radius 3 is 1.47 bits per heavy atom. The van der Waals surface area contributed by atoms with Crippen molar-refractivity contribution in [2.75, 3.05) is 0 Å². The van der Waals surface area contributed by atoms with Gasteiger partial charge in [0.05, 0.1) is 33.5 Å². The van der Waals surface area contributed by atoms with Gasteiger partial charge in [-0.05, 0) is 132 Å². The van der Waals surface area contributed by atoms with E-state index in [1.165, 1.54) is 71.4 Å². The van der Waals surface area contributed by atoms with E-state index in [2.05, 4.69) is 229 Å². The number of hydrogen-bond acceptors (Lipinski definition) is 2. The van der Waals surface area contributed by atoms with Gasteiger partial charge in [-0.3, -0.25) is 4.98 Å². The average Bonchev–Trinajstić information content (AvgIpc) is 3.87. The highest BCUT2D eigenvalue weighted by Gasteiger charge is 2.17. The van der Waals surface area contributed by atoms with Crippen molar-refractivity contribution in [2.45, 2.75) is 13.8 Å². The van der Waals surface area contributed by atoms with Crippen molar-refractivity contribution in [3.05, 3.63) is 230 Å². The quantitative estimate of drug-likeness (QED) is 0.161. The predicted molar refractivity (Wildman–Crippen MR) is 267 cm³/mol. The van der Waals surface area contributed by atoms with Crippen LogP contribution in [0.2, 0.25) is 0 Å². The molecule has 64 heavy (non-hydrogen) atoms. The van der Waals surface area contributed by atoms with Gasteiger partial charge in [0, 0.05) is 62.0 Å². The number of pyridine rings is 2. The monoisotopic (exact) mass is 818 g/mol. The first-order chi connectivity index (χ1) is 31.6. The first kappa shape index (κ1) is 37.4. The number of aryl methyl sites for hydroxylation is 2. The van der Waals surface area contributed by atoms with Gasteiger partial charge in [-0.25, -0.2) is 4.98 Å². The van der Waals surface area contributed by atoms with E-state index in [-0.39, 0.29) is 0 Å². The zero-order valence-electron chi connectivity index (χ0n) is 35.6. The first-order valence-corrected chi connectivity index (χ1v) is 21.9. The van der Waals surface area contributed by atoms with Gasteiger partial charge in [-0.15, -0.1) is 0 Å². The Kier molecular flexibility index (Phi) is 8.91. The summed E-state index contributed by atoms with van der Waals surface area (Å²) in [6, 6.07) is 74.3. The number of nitrogens with zero attached hydrogens (tertiary/aromatic N) is 4. The molecule has 0 saturated carbocycles. The first-order valence-electron chi connectivity index (χ1n) is 21.9. The van der Waals surface area contributed by atoms with Crippen LogP contribution in [0.25, 0.3) is 111 Å². The van der Waals surface area contributed by atoms with Crippen LogP contribution in [-0.4, -0.2) is 19.1 Å². The minimum Gasteiger partial charge on any atom is -0.309 e. The molecule has 0 amide bonds. The van der Waals surface area contributed by atoms with Crippen LogP contribution in [0.15, 0.2) is 219 Å². The second kappa shape index (κ2) is 15.2. The van der Waals surface area contributed by atoms with E-state index in [9.17, 15) is 0 Å². The lowest BCUT2D eigenvalue weighted by Gasteiger charge is -2.14. The largest absolute Gasteiger partial charge is 0.309 e. The van der Waals surface area contributed by atoms with E-state index in [0.29, 0.717) is 0 Å². The fraction of sp³-hybridized carbons (Fsp3) is 0.0333. The van der Waals surface area contributed by atoms with Crippen molar-refractivity contribution < 1.29 is 0 Å². The average molecular weight is 819 g/mol. The van der Waals surface area contributed by atoms with Crippen LogP contribution in [0, 0.1) is 13.8 Å². The molecule has 8 aromatic carbocycles. The van der Waals surface area contributed by atoms with Crippen LogP contribution in [-0.2, 0) is 0 Å². The zero-order valence-corrected chi connectivity index (χ0v) is 35.6. The molecule has 0 N–H and O–H groups in total. The second-order valence-corrected chi connectivity index (χ2v) is 16.8. The standard InChI is InChI=1S/C60H42N4/c1-39-24-27-48(64-58-23-12-10-19-51(58)54-35-44(26-31-60(54)64)42-16-7-4-8-17-42)36-52(39)45-33-46(38-61-37-45)55-20-13-21-56(62-55)49-29-28-47(32-40(49)2)63-57-22-11-9-18-50(57)53-34-43(25-30-59(53)63)41-14-5-3-6-15-41/h3-38H,1-2H3. The van der Waals surface area contributed by atoms with Gasteiger partial charge >= 0.3 is 0 Å². The lowest BCUT2D eigenvalue weighted by molar-refractivity contribution is 1.17. The topological polar surface area (TPSA) is 35.6 Å². The third-order valence-electron chi connectivity index (χ3n) is 12.9. The van der Waals surface area contributed by atoms with Gasteiger partial charge in [0.1, 0.15) is 0 Å². The number of fused-ring (bicyclic) bond motifs is 6. The van der Waals surface area contributed by atoms with Crippen molar-refractivity contribution in [3.8, 4) is 67.3 Å². The SMILES string of the molecule is Cc1ccc(-n2c3ccccc3c3cc(-c4ccccc4)ccc32)cc1-c1cncc(-c2cccc(-c3ccc(-n4c5ccccc5c5cc(-c6ccccc6)ccc54)cc3C)n2)c1. The van der Waals surface area contributed by atoms with Gasteiger partial charge in [0.25, 0.3) is 0 Å². The molecular formula is C60H42N4. The molecule has 0 fully saturated rings. The van der Waals surface area contributed by atoms with Gasteiger partial charge in [0.2, 0.25) is 0 Å². The minimum atomic E-state index is 0.886. The van der Waals surface area contributed by atoms with Crippen LogP contribution in [0.3, 0.4) is 0 Å². The maximum Gasteiger partial charge on any atom is 0.0725 e. The van der Waals surface area contributed by atoms with Gasteiger partial charge in [0.15, 0.2) is 0 Å². The molecule has 12 rings (SSSR count). The predicted octanol–water partition coefficient (Wildman–Crippen LogP) is 15.6. The minimum absolute atomic E-state index is 0.886. The fourth-order valence-electron chi connectivity index (χ4n) is 9.73. The Bertz CT molecular complexity index is 3740. The van der Waals surface area contributed by atoms with Crippen LogP contribution in [0.1, 0.15) is 11.1 Å². The highest BCUT2D eigenvalue weighted by molar-refractivity contribution is 6.11. The number of para-hydroxylation sites is 2. The maximum atomic E-state index is 5.27. The number of hydrogen-bond donors (Lipinski definition) is 0. The van der Waals surface area contributed by atoms with Crippen LogP contribution in [0.4, 0.5) is 0 Å². The summed E-state index contributed by atoms with van der Waals surface area (Å²) in [5.41, 5.74) is 20.3. The van der Waals surface area contributed by atoms with Crippen molar-refractivity contribution >= 4 is 43.6 Å². The molecule has 4 aromatic heterocycles. The highest BCUT2D eigenvalue weighted by Crippen LogP contribution is 2.39. The van der Waals surface area contributed by atoms with E-state index in [4.69, 9.17) is 9.97 Å². The molecule has 0 unspecified atom stereocenters. The zero-order chi connectivity index (χ0) is 42.7. The molecule has 0 spiro atoms. The molecule has 12 aromatic rings. The summed E-state index contributed by atoms with van der Waals surface area (Å²) >= 11 is 0. The number of aromatic nitrogens is 4. The Morgan fingerprint density at radius 2 is 0.844 bits per heavy atom. The summed E-state index contributed by atoms with van der Waals surface area (Å²) in [6.07, 6.45) is 3.89. The highest BCUT2D eigenvalue weighted by atomic mass is 15.0. The van der Waals surface area contributed by atoms with Crippen LogP contribution in [0.5, 0.6) is 0 Å². The van der Waals surface area contributed by atoms with Gasteiger partial charge in [-0.1, -0.05) is 127 Å². The molecule has 0 saturated heterocycles. The third kappa shape index (κ3) is 6.30. The summed E-state index contributed by atoms with van der Waals surface area (Å²) in [5, 5.41) is 4.97.